The number of hydrogen-bond donors (Lipinski definition) is 0. The molecule has 3 aromatic rings. The number of benzene rings is 3. The second-order valence-corrected chi connectivity index (χ2v) is 15.3. The summed E-state index contributed by atoms with van der Waals surface area (Å²) in [5.41, 5.74) is 5.36. The highest BCUT2D eigenvalue weighted by atomic mass is 127. The number of aromatic carboxylic acids is 1. The number of unbranched alkanes of at least 4 members (excludes halogenated alkanes) is 12. The first-order chi connectivity index (χ1) is 21.5. The van der Waals surface area contributed by atoms with Crippen molar-refractivity contribution in [3.63, 3.8) is 0 Å². The topological polar surface area (TPSA) is 40.1 Å². The summed E-state index contributed by atoms with van der Waals surface area (Å²) in [6.45, 7) is 8.60. The highest BCUT2D eigenvalue weighted by Crippen LogP contribution is 2.14. The lowest BCUT2D eigenvalue weighted by atomic mass is 10.0. The average molecular weight is 711 g/mol. The first-order valence-electron chi connectivity index (χ1n) is 17.6. The number of halogens is 1. The molecule has 3 heteroatoms. The molecule has 2 nitrogen and oxygen atoms in total. The van der Waals surface area contributed by atoms with Crippen molar-refractivity contribution in [2.24, 2.45) is 0 Å². The summed E-state index contributed by atoms with van der Waals surface area (Å²) in [5, 5.41) is 10.8. The quantitative estimate of drug-likeness (QED) is 0.0840. The molecule has 3 aromatic carbocycles. The van der Waals surface area contributed by atoms with Gasteiger partial charge in [-0.05, 0) is 92.0 Å². The van der Waals surface area contributed by atoms with Gasteiger partial charge in [0, 0.05) is 5.56 Å². The molecule has 0 fully saturated rings. The number of hydrogen-bond acceptors (Lipinski definition) is 2. The Morgan fingerprint density at radius 2 is 0.886 bits per heavy atom. The van der Waals surface area contributed by atoms with E-state index in [0.717, 1.165) is 12.0 Å². The standard InChI is InChI=1S/C26H38I.C15H22O2/c1-3-5-7-9-11-13-23-15-19-25(20-16-23)27-26-21-17-24(18-22-26)14-12-10-8-6-4-2;1-3-4-5-6-7-8-13-9-10-14(15(16)17)12(2)11-13/h15-22H,3-14H2,1-2H3;9-11H,3-8H2,1-2H3,(H,16,17)/q+1;/p-1. The van der Waals surface area contributed by atoms with E-state index >= 15 is 0 Å². The molecule has 0 atom stereocenters. The van der Waals surface area contributed by atoms with Gasteiger partial charge in [0.15, 0.2) is 7.14 Å². The normalized spacial score (nSPS) is 10.8. The van der Waals surface area contributed by atoms with Crippen LogP contribution in [0.1, 0.15) is 150 Å². The molecule has 0 bridgehead atoms. The van der Waals surface area contributed by atoms with Crippen LogP contribution in [-0.2, 0) is 19.3 Å². The molecule has 0 aliphatic heterocycles. The van der Waals surface area contributed by atoms with Crippen LogP contribution in [0, 0.1) is 14.1 Å². The summed E-state index contributed by atoms with van der Waals surface area (Å²) in [6, 6.07) is 24.5. The van der Waals surface area contributed by atoms with Gasteiger partial charge in [-0.3, -0.25) is 0 Å². The molecule has 0 aromatic heterocycles. The number of aryl methyl sites for hydroxylation is 4. The molecule has 0 saturated heterocycles. The van der Waals surface area contributed by atoms with E-state index in [9.17, 15) is 9.90 Å². The van der Waals surface area contributed by atoms with Crippen molar-refractivity contribution in [2.45, 2.75) is 143 Å². The summed E-state index contributed by atoms with van der Waals surface area (Å²) in [7, 11) is 0. The van der Waals surface area contributed by atoms with E-state index in [4.69, 9.17) is 0 Å². The van der Waals surface area contributed by atoms with Gasteiger partial charge < -0.3 is 9.90 Å². The Morgan fingerprint density at radius 1 is 0.523 bits per heavy atom. The third-order valence-corrected chi connectivity index (χ3v) is 10.9. The van der Waals surface area contributed by atoms with Gasteiger partial charge >= 0.3 is 21.2 Å². The number of carbonyl (C=O) groups is 1. The predicted octanol–water partition coefficient (Wildman–Crippen LogP) is 7.71. The zero-order chi connectivity index (χ0) is 31.8. The maximum atomic E-state index is 10.8. The van der Waals surface area contributed by atoms with Gasteiger partial charge in [0.05, 0.1) is 5.97 Å². The first kappa shape index (κ1) is 38.0. The van der Waals surface area contributed by atoms with E-state index in [1.54, 1.807) is 6.07 Å². The van der Waals surface area contributed by atoms with Gasteiger partial charge in [0.2, 0.25) is 0 Å². The lowest BCUT2D eigenvalue weighted by Crippen LogP contribution is -3.61. The number of rotatable bonds is 21. The van der Waals surface area contributed by atoms with Crippen LogP contribution in [0.25, 0.3) is 0 Å². The molecule has 0 radical (unpaired) electrons. The maximum Gasteiger partial charge on any atom is 0.357 e. The second-order valence-electron chi connectivity index (χ2n) is 12.3. The fourth-order valence-electron chi connectivity index (χ4n) is 5.46. The van der Waals surface area contributed by atoms with Crippen LogP contribution in [0.3, 0.4) is 0 Å². The van der Waals surface area contributed by atoms with Crippen molar-refractivity contribution in [1.82, 2.24) is 0 Å². The Balaban J connectivity index is 0.000000342. The van der Waals surface area contributed by atoms with Crippen LogP contribution in [0.2, 0.25) is 0 Å². The average Bonchev–Trinajstić information content (AvgIpc) is 3.02. The molecule has 0 N–H and O–H groups in total. The van der Waals surface area contributed by atoms with E-state index in [-0.39, 0.29) is 21.2 Å². The molecule has 3 rings (SSSR count). The molecular weight excluding hydrogens is 651 g/mol. The third-order valence-electron chi connectivity index (χ3n) is 8.26. The minimum Gasteiger partial charge on any atom is -0.545 e. The molecule has 0 amide bonds. The second kappa shape index (κ2) is 24.1. The van der Waals surface area contributed by atoms with Gasteiger partial charge in [0.1, 0.15) is 0 Å². The fraction of sp³-hybridized carbons (Fsp3) is 0.537. The molecule has 0 aliphatic rings. The molecule has 0 saturated carbocycles. The number of carboxylic acid groups (broad SMARTS) is 1. The zero-order valence-electron chi connectivity index (χ0n) is 28.3. The van der Waals surface area contributed by atoms with E-state index < -0.39 is 5.97 Å². The Kier molecular flexibility index (Phi) is 20.9. The summed E-state index contributed by atoms with van der Waals surface area (Å²) < 4.78 is 3.08. The zero-order valence-corrected chi connectivity index (χ0v) is 30.4. The van der Waals surface area contributed by atoms with Crippen molar-refractivity contribution in [3.8, 4) is 0 Å². The van der Waals surface area contributed by atoms with Gasteiger partial charge in [0.25, 0.3) is 0 Å². The smallest absolute Gasteiger partial charge is 0.357 e. The molecule has 0 aliphatic carbocycles. The SMILES string of the molecule is CCCCCCCc1ccc(C(=O)[O-])c(C)c1.CCCCCCCc1ccc([I+]c2ccc(CCCCCCC)cc2)cc1. The fourth-order valence-corrected chi connectivity index (χ4v) is 7.62. The maximum absolute atomic E-state index is 10.8. The molecule has 0 heterocycles. The van der Waals surface area contributed by atoms with Crippen molar-refractivity contribution in [1.29, 1.82) is 0 Å². The third kappa shape index (κ3) is 16.8. The summed E-state index contributed by atoms with van der Waals surface area (Å²) >= 11 is -0.0408. The Bertz CT molecular complexity index is 1090. The van der Waals surface area contributed by atoms with E-state index in [1.165, 1.54) is 133 Å². The Labute approximate surface area is 280 Å². The Hall–Kier alpha value is -2.14. The van der Waals surface area contributed by atoms with Crippen LogP contribution in [0.4, 0.5) is 0 Å². The highest BCUT2D eigenvalue weighted by Gasteiger charge is 2.15. The van der Waals surface area contributed by atoms with Gasteiger partial charge in [-0.25, -0.2) is 0 Å². The molecular formula is C41H59IO2. The minimum atomic E-state index is -1.09. The van der Waals surface area contributed by atoms with Gasteiger partial charge in [-0.2, -0.15) is 0 Å². The first-order valence-corrected chi connectivity index (χ1v) is 19.8. The molecule has 242 valence electrons. The monoisotopic (exact) mass is 710 g/mol. The van der Waals surface area contributed by atoms with Crippen LogP contribution < -0.4 is 26.3 Å². The van der Waals surface area contributed by atoms with Crippen molar-refractivity contribution < 1.29 is 31.1 Å². The van der Waals surface area contributed by atoms with Gasteiger partial charge in [-0.1, -0.05) is 140 Å². The van der Waals surface area contributed by atoms with Crippen LogP contribution in [0.5, 0.6) is 0 Å². The van der Waals surface area contributed by atoms with Gasteiger partial charge in [-0.15, -0.1) is 0 Å². The highest BCUT2D eigenvalue weighted by molar-refractivity contribution is 5.87. The minimum absolute atomic E-state index is 0.0408. The largest absolute Gasteiger partial charge is 0.545 e. The summed E-state index contributed by atoms with van der Waals surface area (Å²) in [4.78, 5) is 10.8. The molecule has 0 spiro atoms. The number of carbonyl (C=O) groups excluding carboxylic acids is 1. The van der Waals surface area contributed by atoms with Crippen molar-refractivity contribution in [2.75, 3.05) is 0 Å². The number of carboxylic acids is 1. The van der Waals surface area contributed by atoms with E-state index in [1.807, 2.05) is 19.1 Å². The van der Waals surface area contributed by atoms with Crippen molar-refractivity contribution >= 4 is 5.97 Å². The Morgan fingerprint density at radius 3 is 1.25 bits per heavy atom. The molecule has 0 unspecified atom stereocenters. The predicted molar refractivity (Wildman–Crippen MR) is 183 cm³/mol. The van der Waals surface area contributed by atoms with E-state index in [0.29, 0.717) is 5.56 Å². The summed E-state index contributed by atoms with van der Waals surface area (Å²) in [6.07, 6.45) is 23.5. The van der Waals surface area contributed by atoms with Crippen LogP contribution in [0.15, 0.2) is 66.7 Å². The lowest BCUT2D eigenvalue weighted by molar-refractivity contribution is -0.597. The lowest BCUT2D eigenvalue weighted by Gasteiger charge is -2.09. The van der Waals surface area contributed by atoms with E-state index in [2.05, 4.69) is 69.3 Å². The van der Waals surface area contributed by atoms with Crippen LogP contribution in [-0.4, -0.2) is 5.97 Å². The molecule has 44 heavy (non-hydrogen) atoms. The van der Waals surface area contributed by atoms with Crippen molar-refractivity contribution in [3.05, 3.63) is 102 Å². The van der Waals surface area contributed by atoms with Crippen LogP contribution >= 0.6 is 0 Å². The summed E-state index contributed by atoms with van der Waals surface area (Å²) in [5.74, 6) is -1.09.